The van der Waals surface area contributed by atoms with E-state index in [9.17, 15) is 4.79 Å². The normalized spacial score (nSPS) is 20.6. The number of nitrogens with two attached hydrogens (primary N) is 1. The summed E-state index contributed by atoms with van der Waals surface area (Å²) < 4.78 is 16.1. The molecule has 5 heteroatoms. The molecule has 0 aromatic heterocycles. The lowest BCUT2D eigenvalue weighted by Gasteiger charge is -2.19. The summed E-state index contributed by atoms with van der Waals surface area (Å²) in [6, 6.07) is 5.04. The number of anilines is 1. The van der Waals surface area contributed by atoms with Gasteiger partial charge in [0.25, 0.3) is 0 Å². The van der Waals surface area contributed by atoms with Crippen LogP contribution in [0.4, 0.5) is 5.69 Å². The van der Waals surface area contributed by atoms with Crippen molar-refractivity contribution in [2.24, 2.45) is 0 Å². The van der Waals surface area contributed by atoms with Crippen molar-refractivity contribution < 1.29 is 19.0 Å². The first-order chi connectivity index (χ1) is 9.43. The van der Waals surface area contributed by atoms with E-state index in [1.807, 2.05) is 13.8 Å². The van der Waals surface area contributed by atoms with Crippen LogP contribution in [0.25, 0.3) is 0 Å². The first kappa shape index (κ1) is 14.7. The van der Waals surface area contributed by atoms with Crippen molar-refractivity contribution >= 4 is 11.7 Å². The smallest absolute Gasteiger partial charge is 0.340 e. The van der Waals surface area contributed by atoms with Crippen molar-refractivity contribution in [1.82, 2.24) is 0 Å². The summed E-state index contributed by atoms with van der Waals surface area (Å²) in [6.07, 6.45) is 1.82. The van der Waals surface area contributed by atoms with E-state index in [2.05, 4.69) is 0 Å². The molecule has 0 aliphatic carbocycles. The van der Waals surface area contributed by atoms with Gasteiger partial charge in [0, 0.05) is 0 Å². The first-order valence-corrected chi connectivity index (χ1v) is 6.70. The van der Waals surface area contributed by atoms with Gasteiger partial charge in [0.15, 0.2) is 0 Å². The van der Waals surface area contributed by atoms with Crippen LogP contribution in [-0.2, 0) is 9.47 Å². The van der Waals surface area contributed by atoms with Gasteiger partial charge in [-0.15, -0.1) is 0 Å². The van der Waals surface area contributed by atoms with E-state index in [1.54, 1.807) is 18.2 Å². The van der Waals surface area contributed by atoms with Crippen LogP contribution in [-0.4, -0.2) is 31.4 Å². The molecule has 1 fully saturated rings. The highest BCUT2D eigenvalue weighted by molar-refractivity contribution is 5.96. The molecule has 0 radical (unpaired) electrons. The van der Waals surface area contributed by atoms with E-state index in [0.717, 1.165) is 12.8 Å². The highest BCUT2D eigenvalue weighted by Gasteiger charge is 2.32. The Balaban J connectivity index is 1.96. The topological polar surface area (TPSA) is 70.8 Å². The van der Waals surface area contributed by atoms with Crippen LogP contribution < -0.4 is 10.5 Å². The number of hydrogen-bond acceptors (Lipinski definition) is 5. The van der Waals surface area contributed by atoms with Crippen LogP contribution in [0.15, 0.2) is 18.2 Å². The number of carbonyl (C=O) groups excluding carboxylic acids is 1. The van der Waals surface area contributed by atoms with E-state index in [-0.39, 0.29) is 18.3 Å². The fourth-order valence-corrected chi connectivity index (χ4v) is 2.34. The highest BCUT2D eigenvalue weighted by Crippen LogP contribution is 2.30. The summed E-state index contributed by atoms with van der Waals surface area (Å²) in [5.74, 6) is 0.0207. The van der Waals surface area contributed by atoms with E-state index in [0.29, 0.717) is 17.0 Å². The fraction of sp³-hybridized carbons (Fsp3) is 0.533. The third kappa shape index (κ3) is 3.22. The van der Waals surface area contributed by atoms with Gasteiger partial charge in [0.2, 0.25) is 0 Å². The van der Waals surface area contributed by atoms with Gasteiger partial charge in [-0.05, 0) is 38.8 Å². The summed E-state index contributed by atoms with van der Waals surface area (Å²) in [5.41, 5.74) is 6.35. The van der Waals surface area contributed by atoms with E-state index < -0.39 is 5.97 Å². The van der Waals surface area contributed by atoms with Crippen molar-refractivity contribution in [3.8, 4) is 5.75 Å². The predicted octanol–water partition coefficient (Wildman–Crippen LogP) is 2.39. The van der Waals surface area contributed by atoms with E-state index in [1.165, 1.54) is 7.11 Å². The Morgan fingerprint density at radius 2 is 2.25 bits per heavy atom. The molecule has 2 rings (SSSR count). The molecule has 1 aromatic carbocycles. The highest BCUT2D eigenvalue weighted by atomic mass is 16.6. The number of carbonyl (C=O) groups is 1. The maximum atomic E-state index is 12.0. The van der Waals surface area contributed by atoms with Crippen molar-refractivity contribution in [2.45, 2.75) is 38.4 Å². The van der Waals surface area contributed by atoms with Crippen LogP contribution in [0.2, 0.25) is 0 Å². The standard InChI is InChI=1S/C15H21NO4/c1-15(2)8-7-10(20-15)9-19-14(17)11-5-4-6-12(18-3)13(11)16/h4-6,10H,7-9,16H2,1-3H3. The predicted molar refractivity (Wildman–Crippen MR) is 75.9 cm³/mol. The largest absolute Gasteiger partial charge is 0.495 e. The molecule has 0 amide bonds. The average molecular weight is 279 g/mol. The molecular weight excluding hydrogens is 258 g/mol. The molecular formula is C15H21NO4. The molecule has 0 saturated carbocycles. The number of nitrogen functional groups attached to an aromatic ring is 1. The van der Waals surface area contributed by atoms with Crippen molar-refractivity contribution in [2.75, 3.05) is 19.5 Å². The lowest BCUT2D eigenvalue weighted by molar-refractivity contribution is -0.0444. The molecule has 1 unspecified atom stereocenters. The van der Waals surface area contributed by atoms with Gasteiger partial charge in [-0.1, -0.05) is 6.07 Å². The minimum atomic E-state index is -0.449. The number of para-hydroxylation sites is 1. The summed E-state index contributed by atoms with van der Waals surface area (Å²) in [7, 11) is 1.51. The molecule has 5 nitrogen and oxygen atoms in total. The zero-order valence-corrected chi connectivity index (χ0v) is 12.1. The number of esters is 1. The zero-order chi connectivity index (χ0) is 14.8. The Labute approximate surface area is 119 Å². The molecule has 1 aliphatic rings. The van der Waals surface area contributed by atoms with Crippen LogP contribution in [0.3, 0.4) is 0 Å². The minimum Gasteiger partial charge on any atom is -0.495 e. The lowest BCUT2D eigenvalue weighted by Crippen LogP contribution is -2.24. The Bertz CT molecular complexity index is 499. The van der Waals surface area contributed by atoms with Gasteiger partial charge < -0.3 is 19.9 Å². The summed E-state index contributed by atoms with van der Waals surface area (Å²) >= 11 is 0. The van der Waals surface area contributed by atoms with Gasteiger partial charge in [0.05, 0.1) is 30.1 Å². The van der Waals surface area contributed by atoms with E-state index in [4.69, 9.17) is 19.9 Å². The average Bonchev–Trinajstić information content (AvgIpc) is 2.76. The van der Waals surface area contributed by atoms with Gasteiger partial charge in [-0.2, -0.15) is 0 Å². The van der Waals surface area contributed by atoms with Gasteiger partial charge in [0.1, 0.15) is 12.4 Å². The monoisotopic (exact) mass is 279 g/mol. The Morgan fingerprint density at radius 1 is 1.50 bits per heavy atom. The first-order valence-electron chi connectivity index (χ1n) is 6.70. The molecule has 20 heavy (non-hydrogen) atoms. The molecule has 0 bridgehead atoms. The summed E-state index contributed by atoms with van der Waals surface area (Å²) in [5, 5.41) is 0. The number of benzene rings is 1. The van der Waals surface area contributed by atoms with Crippen molar-refractivity contribution in [1.29, 1.82) is 0 Å². The minimum absolute atomic E-state index is 0.0409. The Kier molecular flexibility index (Phi) is 4.18. The SMILES string of the molecule is COc1cccc(C(=O)OCC2CCC(C)(C)O2)c1N. The maximum absolute atomic E-state index is 12.0. The van der Waals surface area contributed by atoms with Crippen molar-refractivity contribution in [3.05, 3.63) is 23.8 Å². The summed E-state index contributed by atoms with van der Waals surface area (Å²) in [4.78, 5) is 12.0. The van der Waals surface area contributed by atoms with Crippen LogP contribution in [0, 0.1) is 0 Å². The molecule has 1 heterocycles. The zero-order valence-electron chi connectivity index (χ0n) is 12.1. The van der Waals surface area contributed by atoms with Gasteiger partial charge in [-0.25, -0.2) is 4.79 Å². The third-order valence-electron chi connectivity index (χ3n) is 3.46. The molecule has 0 spiro atoms. The molecule has 110 valence electrons. The fourth-order valence-electron chi connectivity index (χ4n) is 2.34. The Morgan fingerprint density at radius 3 is 2.85 bits per heavy atom. The number of rotatable bonds is 4. The maximum Gasteiger partial charge on any atom is 0.340 e. The molecule has 1 atom stereocenters. The quantitative estimate of drug-likeness (QED) is 0.677. The molecule has 1 saturated heterocycles. The number of ether oxygens (including phenoxy) is 3. The van der Waals surface area contributed by atoms with E-state index >= 15 is 0 Å². The number of hydrogen-bond donors (Lipinski definition) is 1. The van der Waals surface area contributed by atoms with Crippen molar-refractivity contribution in [3.63, 3.8) is 0 Å². The molecule has 2 N–H and O–H groups in total. The van der Waals surface area contributed by atoms with Gasteiger partial charge >= 0.3 is 5.97 Å². The molecule has 1 aliphatic heterocycles. The van der Waals surface area contributed by atoms with Crippen LogP contribution in [0.1, 0.15) is 37.0 Å². The summed E-state index contributed by atoms with van der Waals surface area (Å²) in [6.45, 7) is 4.32. The number of methoxy groups -OCH3 is 1. The Hall–Kier alpha value is -1.75. The second-order valence-electron chi connectivity index (χ2n) is 5.56. The van der Waals surface area contributed by atoms with Crippen LogP contribution in [0.5, 0.6) is 5.75 Å². The third-order valence-corrected chi connectivity index (χ3v) is 3.46. The van der Waals surface area contributed by atoms with Crippen LogP contribution >= 0.6 is 0 Å². The van der Waals surface area contributed by atoms with Gasteiger partial charge in [-0.3, -0.25) is 0 Å². The molecule has 1 aromatic rings. The lowest BCUT2D eigenvalue weighted by atomic mass is 10.1. The second kappa shape index (κ2) is 5.71. The second-order valence-corrected chi connectivity index (χ2v) is 5.56.